The summed E-state index contributed by atoms with van der Waals surface area (Å²) in [6, 6.07) is 7.34. The zero-order valence-corrected chi connectivity index (χ0v) is 15.5. The summed E-state index contributed by atoms with van der Waals surface area (Å²) >= 11 is 5.84. The normalized spacial score (nSPS) is 21.1. The molecule has 0 saturated carbocycles. The molecule has 1 amide bonds. The van der Waals surface area contributed by atoms with E-state index in [-0.39, 0.29) is 18.1 Å². The fourth-order valence-corrected chi connectivity index (χ4v) is 2.97. The number of benzene rings is 1. The van der Waals surface area contributed by atoms with Gasteiger partial charge in [0.2, 0.25) is 5.91 Å². The molecule has 1 aliphatic rings. The Morgan fingerprint density at radius 1 is 1.29 bits per heavy atom. The summed E-state index contributed by atoms with van der Waals surface area (Å²) in [6.07, 6.45) is 1.08. The van der Waals surface area contributed by atoms with Crippen LogP contribution in [0.4, 0.5) is 0 Å². The van der Waals surface area contributed by atoms with Crippen molar-refractivity contribution in [3.8, 4) is 5.75 Å². The summed E-state index contributed by atoms with van der Waals surface area (Å²) < 4.78 is 11.3. The highest BCUT2D eigenvalue weighted by atomic mass is 35.5. The first-order valence-electron chi connectivity index (χ1n) is 8.44. The molecule has 0 bridgehead atoms. The molecule has 0 aromatic heterocycles. The summed E-state index contributed by atoms with van der Waals surface area (Å²) in [7, 11) is 1.97. The molecule has 1 aliphatic heterocycles. The Kier molecular flexibility index (Phi) is 7.34. The maximum absolute atomic E-state index is 12.4. The SMILES string of the molecule is CC1CN(C(=O)CN(C)CCCOc2ccc(Cl)cc2)CC(C)O1. The number of rotatable bonds is 7. The minimum absolute atomic E-state index is 0.107. The van der Waals surface area contributed by atoms with Gasteiger partial charge in [-0.25, -0.2) is 0 Å². The molecule has 0 radical (unpaired) electrons. The zero-order valence-electron chi connectivity index (χ0n) is 14.7. The smallest absolute Gasteiger partial charge is 0.236 e. The minimum atomic E-state index is 0.107. The lowest BCUT2D eigenvalue weighted by atomic mass is 10.2. The largest absolute Gasteiger partial charge is 0.494 e. The number of ether oxygens (including phenoxy) is 2. The second-order valence-electron chi connectivity index (χ2n) is 6.45. The molecule has 6 heteroatoms. The molecule has 0 spiro atoms. The summed E-state index contributed by atoms with van der Waals surface area (Å²) in [6.45, 7) is 7.23. The maximum Gasteiger partial charge on any atom is 0.236 e. The van der Waals surface area contributed by atoms with Gasteiger partial charge in [-0.15, -0.1) is 0 Å². The highest BCUT2D eigenvalue weighted by molar-refractivity contribution is 6.30. The number of hydrogen-bond acceptors (Lipinski definition) is 4. The number of carbonyl (C=O) groups excluding carboxylic acids is 1. The van der Waals surface area contributed by atoms with Crippen LogP contribution in [0.15, 0.2) is 24.3 Å². The molecule has 2 rings (SSSR count). The van der Waals surface area contributed by atoms with Crippen molar-refractivity contribution >= 4 is 17.5 Å². The number of hydrogen-bond donors (Lipinski definition) is 0. The van der Waals surface area contributed by atoms with Crippen LogP contribution < -0.4 is 4.74 Å². The van der Waals surface area contributed by atoms with E-state index in [2.05, 4.69) is 0 Å². The fourth-order valence-electron chi connectivity index (χ4n) is 2.85. The van der Waals surface area contributed by atoms with E-state index in [1.807, 2.05) is 55.0 Å². The van der Waals surface area contributed by atoms with Crippen molar-refractivity contribution in [2.45, 2.75) is 32.5 Å². The van der Waals surface area contributed by atoms with E-state index in [4.69, 9.17) is 21.1 Å². The van der Waals surface area contributed by atoms with Crippen molar-refractivity contribution in [2.75, 3.05) is 39.8 Å². The van der Waals surface area contributed by atoms with E-state index in [0.717, 1.165) is 18.7 Å². The molecule has 1 aromatic rings. The van der Waals surface area contributed by atoms with Crippen LogP contribution in [0.2, 0.25) is 5.02 Å². The first-order valence-corrected chi connectivity index (χ1v) is 8.82. The van der Waals surface area contributed by atoms with Gasteiger partial charge >= 0.3 is 0 Å². The monoisotopic (exact) mass is 354 g/mol. The molecule has 0 N–H and O–H groups in total. The van der Waals surface area contributed by atoms with Gasteiger partial charge < -0.3 is 14.4 Å². The first-order chi connectivity index (χ1) is 11.4. The van der Waals surface area contributed by atoms with Gasteiger partial charge in [-0.2, -0.15) is 0 Å². The van der Waals surface area contributed by atoms with Gasteiger partial charge in [0.15, 0.2) is 0 Å². The van der Waals surface area contributed by atoms with Crippen molar-refractivity contribution in [3.63, 3.8) is 0 Å². The van der Waals surface area contributed by atoms with E-state index in [0.29, 0.717) is 31.3 Å². The molecular weight excluding hydrogens is 328 g/mol. The van der Waals surface area contributed by atoms with Crippen LogP contribution in [-0.2, 0) is 9.53 Å². The third-order valence-corrected chi connectivity index (χ3v) is 4.20. The van der Waals surface area contributed by atoms with Crippen molar-refractivity contribution in [3.05, 3.63) is 29.3 Å². The lowest BCUT2D eigenvalue weighted by Gasteiger charge is -2.36. The molecule has 5 nitrogen and oxygen atoms in total. The number of halogens is 1. The zero-order chi connectivity index (χ0) is 17.5. The number of carbonyl (C=O) groups is 1. The third kappa shape index (κ3) is 6.30. The highest BCUT2D eigenvalue weighted by Crippen LogP contribution is 2.15. The Balaban J connectivity index is 1.64. The number of likely N-dealkylation sites (N-methyl/N-ethyl adjacent to an activating group) is 1. The average Bonchev–Trinajstić information content (AvgIpc) is 2.52. The van der Waals surface area contributed by atoms with E-state index in [1.54, 1.807) is 0 Å². The molecule has 1 fully saturated rings. The Hall–Kier alpha value is -1.30. The van der Waals surface area contributed by atoms with Gasteiger partial charge in [0.1, 0.15) is 5.75 Å². The summed E-state index contributed by atoms with van der Waals surface area (Å²) in [5, 5.41) is 0.701. The molecule has 1 aromatic carbocycles. The topological polar surface area (TPSA) is 42.0 Å². The van der Waals surface area contributed by atoms with E-state index >= 15 is 0 Å². The van der Waals surface area contributed by atoms with Crippen molar-refractivity contribution < 1.29 is 14.3 Å². The van der Waals surface area contributed by atoms with Crippen molar-refractivity contribution in [1.29, 1.82) is 0 Å². The Morgan fingerprint density at radius 3 is 2.54 bits per heavy atom. The van der Waals surface area contributed by atoms with Gasteiger partial charge in [0.05, 0.1) is 25.4 Å². The molecular formula is C18H27ClN2O3. The Bertz CT molecular complexity index is 514. The molecule has 134 valence electrons. The number of amides is 1. The average molecular weight is 355 g/mol. The Labute approximate surface area is 149 Å². The van der Waals surface area contributed by atoms with Crippen LogP contribution >= 0.6 is 11.6 Å². The standard InChI is InChI=1S/C18H27ClN2O3/c1-14-11-21(12-15(2)24-14)18(22)13-20(3)9-4-10-23-17-7-5-16(19)6-8-17/h5-8,14-15H,4,9-13H2,1-3H3. The predicted octanol–water partition coefficient (Wildman–Crippen LogP) is 2.68. The van der Waals surface area contributed by atoms with E-state index in [9.17, 15) is 4.79 Å². The van der Waals surface area contributed by atoms with Crippen molar-refractivity contribution in [2.24, 2.45) is 0 Å². The van der Waals surface area contributed by atoms with Gasteiger partial charge in [-0.1, -0.05) is 11.6 Å². The van der Waals surface area contributed by atoms with Crippen molar-refractivity contribution in [1.82, 2.24) is 9.80 Å². The molecule has 2 unspecified atom stereocenters. The summed E-state index contributed by atoms with van der Waals surface area (Å²) in [5.41, 5.74) is 0. The van der Waals surface area contributed by atoms with E-state index < -0.39 is 0 Å². The van der Waals surface area contributed by atoms with Crippen LogP contribution in [0.3, 0.4) is 0 Å². The van der Waals surface area contributed by atoms with Gasteiger partial charge in [-0.05, 0) is 51.6 Å². The van der Waals surface area contributed by atoms with Gasteiger partial charge in [0, 0.05) is 24.7 Å². The second-order valence-corrected chi connectivity index (χ2v) is 6.89. The van der Waals surface area contributed by atoms with Gasteiger partial charge in [-0.3, -0.25) is 9.69 Å². The predicted molar refractivity (Wildman–Crippen MR) is 95.7 cm³/mol. The summed E-state index contributed by atoms with van der Waals surface area (Å²) in [4.78, 5) is 16.3. The molecule has 24 heavy (non-hydrogen) atoms. The molecule has 1 saturated heterocycles. The molecule has 0 aliphatic carbocycles. The van der Waals surface area contributed by atoms with Crippen LogP contribution in [0, 0.1) is 0 Å². The second kappa shape index (κ2) is 9.25. The minimum Gasteiger partial charge on any atom is -0.494 e. The van der Waals surface area contributed by atoms with E-state index in [1.165, 1.54) is 0 Å². The number of morpholine rings is 1. The van der Waals surface area contributed by atoms with Gasteiger partial charge in [0.25, 0.3) is 0 Å². The lowest BCUT2D eigenvalue weighted by molar-refractivity contribution is -0.144. The Morgan fingerprint density at radius 2 is 1.92 bits per heavy atom. The maximum atomic E-state index is 12.4. The van der Waals surface area contributed by atoms with Crippen LogP contribution in [0.25, 0.3) is 0 Å². The highest BCUT2D eigenvalue weighted by Gasteiger charge is 2.26. The third-order valence-electron chi connectivity index (χ3n) is 3.94. The molecule has 2 atom stereocenters. The number of nitrogens with zero attached hydrogens (tertiary/aromatic N) is 2. The summed E-state index contributed by atoms with van der Waals surface area (Å²) in [5.74, 6) is 0.979. The molecule has 1 heterocycles. The van der Waals surface area contributed by atoms with Crippen LogP contribution in [-0.4, -0.2) is 67.7 Å². The quantitative estimate of drug-likeness (QED) is 0.706. The van der Waals surface area contributed by atoms with Crippen LogP contribution in [0.1, 0.15) is 20.3 Å². The fraction of sp³-hybridized carbons (Fsp3) is 0.611. The lowest BCUT2D eigenvalue weighted by Crippen LogP contribution is -2.50. The first kappa shape index (κ1) is 19.0. The van der Waals surface area contributed by atoms with Crippen LogP contribution in [0.5, 0.6) is 5.75 Å².